The first-order valence-electron chi connectivity index (χ1n) is 9.66. The Hall–Kier alpha value is -3.12. The van der Waals surface area contributed by atoms with Crippen molar-refractivity contribution in [1.82, 2.24) is 4.98 Å². The van der Waals surface area contributed by atoms with Gasteiger partial charge in [0.25, 0.3) is 5.91 Å². The SMILES string of the molecule is CCOc1ccccc1N1C(=O)C[C@@H]([NH2+]CCc2c[nH]c3ccccc23)C1=O. The van der Waals surface area contributed by atoms with E-state index < -0.39 is 0 Å². The number of aromatic amines is 1. The fraction of sp³-hybridized carbons (Fsp3) is 0.273. The van der Waals surface area contributed by atoms with E-state index >= 15 is 0 Å². The Kier molecular flexibility index (Phi) is 5.12. The number of nitrogens with zero attached hydrogens (tertiary/aromatic N) is 1. The van der Waals surface area contributed by atoms with Crippen LogP contribution in [0.15, 0.2) is 54.7 Å². The largest absolute Gasteiger partial charge is 0.492 e. The highest BCUT2D eigenvalue weighted by Crippen LogP contribution is 2.31. The summed E-state index contributed by atoms with van der Waals surface area (Å²) in [5.41, 5.74) is 2.87. The number of H-pyrrole nitrogens is 1. The lowest BCUT2D eigenvalue weighted by Gasteiger charge is -2.18. The molecule has 1 aliphatic rings. The van der Waals surface area contributed by atoms with Gasteiger partial charge in [-0.1, -0.05) is 30.3 Å². The van der Waals surface area contributed by atoms with Crippen molar-refractivity contribution in [2.24, 2.45) is 0 Å². The Morgan fingerprint density at radius 2 is 1.93 bits per heavy atom. The lowest BCUT2D eigenvalue weighted by Crippen LogP contribution is -2.92. The lowest BCUT2D eigenvalue weighted by atomic mass is 10.1. The molecule has 0 aliphatic carbocycles. The van der Waals surface area contributed by atoms with Crippen LogP contribution < -0.4 is 15.0 Å². The molecule has 28 heavy (non-hydrogen) atoms. The molecule has 1 atom stereocenters. The van der Waals surface area contributed by atoms with Gasteiger partial charge in [0, 0.05) is 23.5 Å². The van der Waals surface area contributed by atoms with Crippen LogP contribution in [0.1, 0.15) is 18.9 Å². The fourth-order valence-corrected chi connectivity index (χ4v) is 3.79. The molecule has 0 unspecified atom stereocenters. The van der Waals surface area contributed by atoms with Crippen LogP contribution in [0.3, 0.4) is 0 Å². The lowest BCUT2D eigenvalue weighted by molar-refractivity contribution is -0.674. The summed E-state index contributed by atoms with van der Waals surface area (Å²) < 4.78 is 5.59. The van der Waals surface area contributed by atoms with Crippen molar-refractivity contribution in [2.75, 3.05) is 18.1 Å². The summed E-state index contributed by atoms with van der Waals surface area (Å²) in [6, 6.07) is 15.0. The second-order valence-electron chi connectivity index (χ2n) is 6.91. The van der Waals surface area contributed by atoms with Crippen molar-refractivity contribution >= 4 is 28.4 Å². The highest BCUT2D eigenvalue weighted by atomic mass is 16.5. The van der Waals surface area contributed by atoms with Gasteiger partial charge in [-0.05, 0) is 30.7 Å². The van der Waals surface area contributed by atoms with Gasteiger partial charge in [-0.3, -0.25) is 9.59 Å². The van der Waals surface area contributed by atoms with Crippen LogP contribution >= 0.6 is 0 Å². The molecule has 0 spiro atoms. The molecule has 3 aromatic rings. The Morgan fingerprint density at radius 3 is 2.79 bits per heavy atom. The number of carbonyl (C=O) groups excluding carboxylic acids is 2. The van der Waals surface area contributed by atoms with Gasteiger partial charge in [0.1, 0.15) is 5.75 Å². The normalized spacial score (nSPS) is 16.9. The standard InChI is InChI=1S/C22H23N3O3/c1-2-28-20-10-6-5-9-19(20)25-21(26)13-18(22(25)27)23-12-11-15-14-24-17-8-4-3-7-16(15)17/h3-10,14,18,23-24H,2,11-13H2,1H3/p+1/t18-/m1/s1. The number of hydrogen-bond donors (Lipinski definition) is 2. The van der Waals surface area contributed by atoms with Crippen molar-refractivity contribution in [3.8, 4) is 5.75 Å². The number of benzene rings is 2. The number of para-hydroxylation sites is 3. The van der Waals surface area contributed by atoms with E-state index in [4.69, 9.17) is 4.74 Å². The fourth-order valence-electron chi connectivity index (χ4n) is 3.79. The molecule has 144 valence electrons. The smallest absolute Gasteiger partial charge is 0.292 e. The van der Waals surface area contributed by atoms with Crippen molar-refractivity contribution in [3.63, 3.8) is 0 Å². The van der Waals surface area contributed by atoms with E-state index in [2.05, 4.69) is 17.1 Å². The number of rotatable bonds is 7. The van der Waals surface area contributed by atoms with Crippen molar-refractivity contribution in [2.45, 2.75) is 25.8 Å². The number of nitrogens with one attached hydrogen (secondary N) is 1. The molecule has 6 heteroatoms. The van der Waals surface area contributed by atoms with Crippen molar-refractivity contribution in [3.05, 3.63) is 60.3 Å². The van der Waals surface area contributed by atoms with Crippen LogP contribution in [0.2, 0.25) is 0 Å². The third-order valence-corrected chi connectivity index (χ3v) is 5.13. The summed E-state index contributed by atoms with van der Waals surface area (Å²) in [6.07, 6.45) is 3.06. The molecule has 0 radical (unpaired) electrons. The minimum Gasteiger partial charge on any atom is -0.492 e. The van der Waals surface area contributed by atoms with Gasteiger partial charge >= 0.3 is 0 Å². The van der Waals surface area contributed by atoms with Crippen molar-refractivity contribution in [1.29, 1.82) is 0 Å². The Morgan fingerprint density at radius 1 is 1.14 bits per heavy atom. The molecule has 6 nitrogen and oxygen atoms in total. The van der Waals surface area contributed by atoms with Crippen LogP contribution in [0.5, 0.6) is 5.75 Å². The van der Waals surface area contributed by atoms with Gasteiger partial charge in [0.2, 0.25) is 5.91 Å². The highest BCUT2D eigenvalue weighted by molar-refractivity contribution is 6.22. The highest BCUT2D eigenvalue weighted by Gasteiger charge is 2.43. The predicted octanol–water partition coefficient (Wildman–Crippen LogP) is 2.00. The van der Waals surface area contributed by atoms with Gasteiger partial charge in [0.15, 0.2) is 6.04 Å². The predicted molar refractivity (Wildman–Crippen MR) is 107 cm³/mol. The monoisotopic (exact) mass is 378 g/mol. The van der Waals surface area contributed by atoms with Crippen LogP contribution in [0.4, 0.5) is 5.69 Å². The van der Waals surface area contributed by atoms with E-state index in [-0.39, 0.29) is 24.3 Å². The van der Waals surface area contributed by atoms with E-state index in [9.17, 15) is 9.59 Å². The maximum Gasteiger partial charge on any atom is 0.292 e. The third-order valence-electron chi connectivity index (χ3n) is 5.13. The van der Waals surface area contributed by atoms with E-state index in [1.807, 2.05) is 42.7 Å². The number of amides is 2. The Balaban J connectivity index is 1.43. The number of anilines is 1. The molecule has 2 aromatic carbocycles. The minimum absolute atomic E-state index is 0.170. The summed E-state index contributed by atoms with van der Waals surface area (Å²) in [5.74, 6) is 0.215. The van der Waals surface area contributed by atoms with E-state index in [1.54, 1.807) is 12.1 Å². The molecule has 2 amide bonds. The number of ether oxygens (including phenoxy) is 1. The van der Waals surface area contributed by atoms with Crippen LogP contribution in [-0.4, -0.2) is 36.0 Å². The molecular weight excluding hydrogens is 354 g/mol. The zero-order valence-corrected chi connectivity index (χ0v) is 15.9. The molecule has 0 saturated carbocycles. The van der Waals surface area contributed by atoms with E-state index in [0.717, 1.165) is 18.5 Å². The number of imide groups is 1. The van der Waals surface area contributed by atoms with Gasteiger partial charge in [0.05, 0.1) is 25.3 Å². The van der Waals surface area contributed by atoms with Gasteiger partial charge < -0.3 is 15.0 Å². The summed E-state index contributed by atoms with van der Waals surface area (Å²) in [5, 5.41) is 3.18. The third kappa shape index (κ3) is 3.39. The number of quaternary nitrogens is 1. The average molecular weight is 378 g/mol. The molecule has 1 aliphatic heterocycles. The summed E-state index contributed by atoms with van der Waals surface area (Å²) in [7, 11) is 0. The zero-order valence-electron chi connectivity index (χ0n) is 15.9. The average Bonchev–Trinajstić information content (AvgIpc) is 3.24. The van der Waals surface area contributed by atoms with Crippen LogP contribution in [-0.2, 0) is 16.0 Å². The first-order valence-corrected chi connectivity index (χ1v) is 9.66. The number of nitrogens with two attached hydrogens (primary N) is 1. The number of aromatic nitrogens is 1. The van der Waals surface area contributed by atoms with Crippen LogP contribution in [0, 0.1) is 0 Å². The molecule has 4 rings (SSSR count). The van der Waals surface area contributed by atoms with E-state index in [1.165, 1.54) is 15.8 Å². The molecular formula is C22H24N3O3+. The molecule has 1 aromatic heterocycles. The second-order valence-corrected chi connectivity index (χ2v) is 6.91. The van der Waals surface area contributed by atoms with E-state index in [0.29, 0.717) is 18.0 Å². The maximum atomic E-state index is 12.9. The number of hydrogen-bond acceptors (Lipinski definition) is 3. The Labute approximate surface area is 163 Å². The van der Waals surface area contributed by atoms with Crippen LogP contribution in [0.25, 0.3) is 10.9 Å². The summed E-state index contributed by atoms with van der Waals surface area (Å²) in [4.78, 5) is 30.0. The quantitative estimate of drug-likeness (QED) is 0.617. The van der Waals surface area contributed by atoms with Crippen molar-refractivity contribution < 1.29 is 19.6 Å². The first-order chi connectivity index (χ1) is 13.7. The summed E-state index contributed by atoms with van der Waals surface area (Å²) in [6.45, 7) is 3.10. The zero-order chi connectivity index (χ0) is 19.5. The minimum atomic E-state index is -0.382. The molecule has 1 saturated heterocycles. The molecule has 2 heterocycles. The Bertz CT molecular complexity index is 1010. The maximum absolute atomic E-state index is 12.9. The first kappa shape index (κ1) is 18.3. The molecule has 1 fully saturated rings. The summed E-state index contributed by atoms with van der Waals surface area (Å²) >= 11 is 0. The van der Waals surface area contributed by atoms with Gasteiger partial charge in [-0.2, -0.15) is 0 Å². The molecule has 3 N–H and O–H groups in total. The molecule has 0 bridgehead atoms. The second kappa shape index (κ2) is 7.86. The number of carbonyl (C=O) groups is 2. The topological polar surface area (TPSA) is 79.0 Å². The van der Waals surface area contributed by atoms with Gasteiger partial charge in [-0.15, -0.1) is 0 Å². The number of fused-ring (bicyclic) bond motifs is 1. The van der Waals surface area contributed by atoms with Gasteiger partial charge in [-0.25, -0.2) is 4.90 Å².